The molecule has 0 N–H and O–H groups in total. The number of hydrogen-bond donors (Lipinski definition) is 0. The number of nitrogens with zero attached hydrogens (tertiary/aromatic N) is 1. The third-order valence-electron chi connectivity index (χ3n) is 1.19. The van der Waals surface area contributed by atoms with Crippen LogP contribution in [0.5, 0.6) is 5.75 Å². The standard InChI is InChI=1S/C9H10BrNO/c1-7(2)6-12-8-3-4-9(10)11-5-8/h3-5H,1,6H2,2H3. The lowest BCUT2D eigenvalue weighted by atomic mass is 10.4. The Morgan fingerprint density at radius 3 is 2.92 bits per heavy atom. The fourth-order valence-corrected chi connectivity index (χ4v) is 0.889. The summed E-state index contributed by atoms with van der Waals surface area (Å²) in [5, 5.41) is 0. The minimum absolute atomic E-state index is 0.545. The lowest BCUT2D eigenvalue weighted by molar-refractivity contribution is 0.351. The number of rotatable bonds is 3. The van der Waals surface area contributed by atoms with Crippen molar-refractivity contribution in [1.82, 2.24) is 4.98 Å². The van der Waals surface area contributed by atoms with Crippen LogP contribution in [0.4, 0.5) is 0 Å². The van der Waals surface area contributed by atoms with Crippen LogP contribution in [0.1, 0.15) is 6.92 Å². The smallest absolute Gasteiger partial charge is 0.138 e. The van der Waals surface area contributed by atoms with Crippen molar-refractivity contribution in [1.29, 1.82) is 0 Å². The Morgan fingerprint density at radius 2 is 2.42 bits per heavy atom. The molecule has 0 atom stereocenters. The van der Waals surface area contributed by atoms with E-state index in [9.17, 15) is 0 Å². The van der Waals surface area contributed by atoms with Crippen molar-refractivity contribution in [3.8, 4) is 5.75 Å². The largest absolute Gasteiger partial charge is 0.488 e. The lowest BCUT2D eigenvalue weighted by Gasteiger charge is -2.03. The van der Waals surface area contributed by atoms with Gasteiger partial charge in [-0.1, -0.05) is 6.58 Å². The second-order valence-corrected chi connectivity index (χ2v) is 3.37. The lowest BCUT2D eigenvalue weighted by Crippen LogP contribution is -1.97. The summed E-state index contributed by atoms with van der Waals surface area (Å²) in [6.07, 6.45) is 1.67. The van der Waals surface area contributed by atoms with Crippen molar-refractivity contribution in [3.63, 3.8) is 0 Å². The van der Waals surface area contributed by atoms with Gasteiger partial charge >= 0.3 is 0 Å². The van der Waals surface area contributed by atoms with Crippen molar-refractivity contribution in [3.05, 3.63) is 35.1 Å². The molecule has 0 bridgehead atoms. The van der Waals surface area contributed by atoms with Gasteiger partial charge in [-0.15, -0.1) is 0 Å². The average molecular weight is 228 g/mol. The van der Waals surface area contributed by atoms with Gasteiger partial charge in [0.1, 0.15) is 17.0 Å². The second kappa shape index (κ2) is 4.26. The summed E-state index contributed by atoms with van der Waals surface area (Å²) in [5.74, 6) is 0.765. The molecular weight excluding hydrogens is 218 g/mol. The van der Waals surface area contributed by atoms with Crippen molar-refractivity contribution < 1.29 is 4.74 Å². The van der Waals surface area contributed by atoms with Crippen LogP contribution in [0, 0.1) is 0 Å². The highest BCUT2D eigenvalue weighted by molar-refractivity contribution is 9.10. The molecule has 0 radical (unpaired) electrons. The topological polar surface area (TPSA) is 22.1 Å². The Morgan fingerprint density at radius 1 is 1.67 bits per heavy atom. The first-order valence-corrected chi connectivity index (χ1v) is 4.36. The Kier molecular flexibility index (Phi) is 3.29. The van der Waals surface area contributed by atoms with Crippen LogP contribution in [0.2, 0.25) is 0 Å². The first-order valence-electron chi connectivity index (χ1n) is 3.57. The van der Waals surface area contributed by atoms with E-state index in [1.165, 1.54) is 0 Å². The highest BCUT2D eigenvalue weighted by atomic mass is 79.9. The Bertz CT molecular complexity index is 268. The first-order chi connectivity index (χ1) is 5.68. The maximum absolute atomic E-state index is 5.34. The fraction of sp³-hybridized carbons (Fsp3) is 0.222. The molecule has 0 aliphatic rings. The molecule has 0 unspecified atom stereocenters. The monoisotopic (exact) mass is 227 g/mol. The van der Waals surface area contributed by atoms with Gasteiger partial charge < -0.3 is 4.74 Å². The summed E-state index contributed by atoms with van der Waals surface area (Å²) < 4.78 is 6.15. The maximum Gasteiger partial charge on any atom is 0.138 e. The van der Waals surface area contributed by atoms with Crippen LogP contribution in [0.15, 0.2) is 35.1 Å². The molecule has 0 aliphatic carbocycles. The minimum Gasteiger partial charge on any atom is -0.488 e. The molecule has 2 nitrogen and oxygen atoms in total. The number of hydrogen-bond acceptors (Lipinski definition) is 2. The zero-order chi connectivity index (χ0) is 8.97. The van der Waals surface area contributed by atoms with Gasteiger partial charge in [-0.05, 0) is 40.6 Å². The summed E-state index contributed by atoms with van der Waals surface area (Å²) in [6, 6.07) is 3.70. The molecule has 0 fully saturated rings. The molecular formula is C9H10BrNO. The van der Waals surface area contributed by atoms with Crippen molar-refractivity contribution >= 4 is 15.9 Å². The Hall–Kier alpha value is -0.830. The molecule has 1 rings (SSSR count). The highest BCUT2D eigenvalue weighted by Gasteiger charge is 1.93. The number of ether oxygens (including phenoxy) is 1. The summed E-state index contributed by atoms with van der Waals surface area (Å²) in [5.41, 5.74) is 0.998. The van der Waals surface area contributed by atoms with Gasteiger partial charge in [0.25, 0.3) is 0 Å². The number of pyridine rings is 1. The third kappa shape index (κ3) is 3.05. The predicted molar refractivity (Wildman–Crippen MR) is 52.2 cm³/mol. The molecule has 1 aromatic heterocycles. The summed E-state index contributed by atoms with van der Waals surface area (Å²) >= 11 is 3.24. The van der Waals surface area contributed by atoms with Crippen LogP contribution < -0.4 is 4.74 Å². The van der Waals surface area contributed by atoms with E-state index in [1.54, 1.807) is 6.20 Å². The first kappa shape index (κ1) is 9.26. The SMILES string of the molecule is C=C(C)COc1ccc(Br)nc1. The number of aromatic nitrogens is 1. The van der Waals surface area contributed by atoms with E-state index < -0.39 is 0 Å². The van der Waals surface area contributed by atoms with E-state index in [4.69, 9.17) is 4.74 Å². The maximum atomic E-state index is 5.34. The minimum atomic E-state index is 0.545. The molecule has 0 aliphatic heterocycles. The average Bonchev–Trinajstić information content (AvgIpc) is 2.03. The molecule has 1 aromatic rings. The predicted octanol–water partition coefficient (Wildman–Crippen LogP) is 2.80. The van der Waals surface area contributed by atoms with E-state index in [0.717, 1.165) is 15.9 Å². The van der Waals surface area contributed by atoms with E-state index >= 15 is 0 Å². The molecule has 0 spiro atoms. The quantitative estimate of drug-likeness (QED) is 0.586. The normalized spacial score (nSPS) is 9.50. The molecule has 3 heteroatoms. The van der Waals surface area contributed by atoms with Crippen LogP contribution in [0.25, 0.3) is 0 Å². The van der Waals surface area contributed by atoms with Crippen molar-refractivity contribution in [2.45, 2.75) is 6.92 Å². The molecule has 0 aromatic carbocycles. The van der Waals surface area contributed by atoms with Crippen LogP contribution >= 0.6 is 15.9 Å². The van der Waals surface area contributed by atoms with Gasteiger partial charge in [0, 0.05) is 0 Å². The van der Waals surface area contributed by atoms with E-state index in [-0.39, 0.29) is 0 Å². The number of halogens is 1. The zero-order valence-electron chi connectivity index (χ0n) is 6.88. The molecule has 0 saturated carbocycles. The van der Waals surface area contributed by atoms with Crippen LogP contribution in [-0.4, -0.2) is 11.6 Å². The van der Waals surface area contributed by atoms with Gasteiger partial charge in [-0.3, -0.25) is 0 Å². The summed E-state index contributed by atoms with van der Waals surface area (Å²) in [6.45, 7) is 6.20. The van der Waals surface area contributed by atoms with Crippen LogP contribution in [0.3, 0.4) is 0 Å². The summed E-state index contributed by atoms with van der Waals surface area (Å²) in [7, 11) is 0. The van der Waals surface area contributed by atoms with E-state index in [2.05, 4.69) is 27.5 Å². The molecule has 64 valence electrons. The second-order valence-electron chi connectivity index (χ2n) is 2.56. The zero-order valence-corrected chi connectivity index (χ0v) is 8.47. The van der Waals surface area contributed by atoms with Gasteiger partial charge in [0.05, 0.1) is 6.20 Å². The van der Waals surface area contributed by atoms with Crippen molar-refractivity contribution in [2.75, 3.05) is 6.61 Å². The van der Waals surface area contributed by atoms with Crippen LogP contribution in [-0.2, 0) is 0 Å². The highest BCUT2D eigenvalue weighted by Crippen LogP contribution is 2.12. The third-order valence-corrected chi connectivity index (χ3v) is 1.65. The van der Waals surface area contributed by atoms with E-state index in [0.29, 0.717) is 6.61 Å². The van der Waals surface area contributed by atoms with Gasteiger partial charge in [0.2, 0.25) is 0 Å². The Labute approximate surface area is 80.4 Å². The Balaban J connectivity index is 2.53. The van der Waals surface area contributed by atoms with Crippen molar-refractivity contribution in [2.24, 2.45) is 0 Å². The summed E-state index contributed by atoms with van der Waals surface area (Å²) in [4.78, 5) is 4.02. The molecule has 0 saturated heterocycles. The van der Waals surface area contributed by atoms with Gasteiger partial charge in [-0.25, -0.2) is 4.98 Å². The molecule has 0 amide bonds. The fourth-order valence-electron chi connectivity index (χ4n) is 0.654. The van der Waals surface area contributed by atoms with Gasteiger partial charge in [-0.2, -0.15) is 0 Å². The van der Waals surface area contributed by atoms with E-state index in [1.807, 2.05) is 19.1 Å². The molecule has 1 heterocycles. The van der Waals surface area contributed by atoms with Gasteiger partial charge in [0.15, 0.2) is 0 Å². The molecule has 12 heavy (non-hydrogen) atoms.